The maximum Gasteiger partial charge on any atom is 0.209 e. The van der Waals surface area contributed by atoms with Crippen LogP contribution in [0, 0.1) is 0 Å². The Labute approximate surface area is 132 Å². The Hall–Kier alpha value is -2.71. The maximum atomic E-state index is 12.4. The van der Waals surface area contributed by atoms with E-state index < -0.39 is 15.9 Å². The molecule has 0 aliphatic carbocycles. The van der Waals surface area contributed by atoms with Gasteiger partial charge in [0, 0.05) is 6.07 Å². The highest BCUT2D eigenvalue weighted by atomic mass is 32.2. The van der Waals surface area contributed by atoms with Crippen LogP contribution in [0.25, 0.3) is 6.08 Å². The second kappa shape index (κ2) is 6.19. The molecule has 0 fully saturated rings. The Morgan fingerprint density at radius 1 is 1.22 bits per heavy atom. The molecule has 8 heteroatoms. The third kappa shape index (κ3) is 3.22. The third-order valence-corrected chi connectivity index (χ3v) is 4.84. The third-order valence-electron chi connectivity index (χ3n) is 3.12. The van der Waals surface area contributed by atoms with Crippen LogP contribution < -0.4 is 0 Å². The van der Waals surface area contributed by atoms with Crippen molar-refractivity contribution in [2.45, 2.75) is 15.9 Å². The van der Waals surface area contributed by atoms with Gasteiger partial charge in [-0.2, -0.15) is 5.10 Å². The lowest BCUT2D eigenvalue weighted by Gasteiger charge is -1.99. The molecule has 0 aliphatic rings. The van der Waals surface area contributed by atoms with Gasteiger partial charge in [-0.25, -0.2) is 13.4 Å². The van der Waals surface area contributed by atoms with E-state index in [9.17, 15) is 13.5 Å². The Kier molecular flexibility index (Phi) is 4.09. The minimum atomic E-state index is -3.62. The van der Waals surface area contributed by atoms with E-state index >= 15 is 0 Å². The average molecular weight is 331 g/mol. The molecule has 0 bridgehead atoms. The molecule has 1 unspecified atom stereocenters. The van der Waals surface area contributed by atoms with Gasteiger partial charge in [0.2, 0.25) is 9.84 Å². The number of furan rings is 1. The molecule has 0 amide bonds. The van der Waals surface area contributed by atoms with E-state index in [0.29, 0.717) is 5.76 Å². The number of nitrogens with zero attached hydrogens (tertiary/aromatic N) is 2. The van der Waals surface area contributed by atoms with Crippen molar-refractivity contribution in [3.05, 3.63) is 66.6 Å². The number of rotatable bonds is 5. The molecule has 3 aromatic rings. The maximum absolute atomic E-state index is 12.4. The molecule has 2 N–H and O–H groups in total. The molecule has 3 rings (SSSR count). The number of hydrogen-bond acceptors (Lipinski definition) is 6. The summed E-state index contributed by atoms with van der Waals surface area (Å²) in [5, 5.41) is 16.0. The molecule has 0 spiro atoms. The van der Waals surface area contributed by atoms with Gasteiger partial charge in [0.05, 0.1) is 4.90 Å². The molecule has 0 aliphatic heterocycles. The summed E-state index contributed by atoms with van der Waals surface area (Å²) < 4.78 is 30.0. The predicted molar refractivity (Wildman–Crippen MR) is 81.0 cm³/mol. The lowest BCUT2D eigenvalue weighted by Crippen LogP contribution is -1.99. The summed E-state index contributed by atoms with van der Waals surface area (Å²) in [6.45, 7) is 0. The zero-order valence-corrected chi connectivity index (χ0v) is 12.6. The lowest BCUT2D eigenvalue weighted by molar-refractivity contribution is 0.219. The molecule has 0 radical (unpaired) electrons. The van der Waals surface area contributed by atoms with Gasteiger partial charge in [-0.1, -0.05) is 18.2 Å². The van der Waals surface area contributed by atoms with Gasteiger partial charge in [-0.15, -0.1) is 0 Å². The smallest absolute Gasteiger partial charge is 0.209 e. The summed E-state index contributed by atoms with van der Waals surface area (Å²) in [5.74, 6) is 0.586. The van der Waals surface area contributed by atoms with Crippen molar-refractivity contribution >= 4 is 15.9 Å². The van der Waals surface area contributed by atoms with Gasteiger partial charge in [0.1, 0.15) is 29.4 Å². The van der Waals surface area contributed by atoms with E-state index in [0.717, 1.165) is 0 Å². The van der Waals surface area contributed by atoms with Crippen LogP contribution in [-0.2, 0) is 9.84 Å². The van der Waals surface area contributed by atoms with Gasteiger partial charge in [-0.05, 0) is 24.3 Å². The van der Waals surface area contributed by atoms with E-state index in [2.05, 4.69) is 15.2 Å². The molecular formula is C15H13N3O4S. The summed E-state index contributed by atoms with van der Waals surface area (Å²) in [4.78, 5) is 4.06. The first-order valence-corrected chi connectivity index (χ1v) is 8.16. The summed E-state index contributed by atoms with van der Waals surface area (Å²) in [6, 6.07) is 9.49. The minimum absolute atomic E-state index is 0.0532. The summed E-state index contributed by atoms with van der Waals surface area (Å²) in [5.41, 5.74) is 0. The highest BCUT2D eigenvalue weighted by Gasteiger charge is 2.19. The van der Waals surface area contributed by atoms with Crippen molar-refractivity contribution in [3.8, 4) is 0 Å². The van der Waals surface area contributed by atoms with Crippen LogP contribution in [0.1, 0.15) is 17.7 Å². The van der Waals surface area contributed by atoms with Crippen molar-refractivity contribution in [2.24, 2.45) is 0 Å². The first-order chi connectivity index (χ1) is 11.1. The van der Waals surface area contributed by atoms with E-state index in [1.54, 1.807) is 18.2 Å². The number of sulfone groups is 1. The second-order valence-corrected chi connectivity index (χ2v) is 6.63. The van der Waals surface area contributed by atoms with Crippen LogP contribution in [0.4, 0.5) is 0 Å². The van der Waals surface area contributed by atoms with Crippen LogP contribution in [-0.4, -0.2) is 28.7 Å². The number of aliphatic hydroxyl groups is 1. The zero-order valence-electron chi connectivity index (χ0n) is 11.8. The van der Waals surface area contributed by atoms with Gasteiger partial charge in [-0.3, -0.25) is 5.10 Å². The first kappa shape index (κ1) is 15.2. The van der Waals surface area contributed by atoms with Crippen molar-refractivity contribution < 1.29 is 17.9 Å². The number of H-pyrrole nitrogens is 1. The Balaban J connectivity index is 1.81. The molecule has 118 valence electrons. The molecule has 2 aromatic heterocycles. The number of aliphatic hydroxyl groups excluding tert-OH is 1. The van der Waals surface area contributed by atoms with E-state index in [1.807, 2.05) is 0 Å². The first-order valence-electron chi connectivity index (χ1n) is 6.67. The number of benzene rings is 1. The lowest BCUT2D eigenvalue weighted by atomic mass is 10.3. The Morgan fingerprint density at radius 2 is 2.00 bits per heavy atom. The molecule has 0 saturated heterocycles. The largest absolute Gasteiger partial charge is 0.464 e. The van der Waals surface area contributed by atoms with E-state index in [4.69, 9.17) is 4.42 Å². The monoisotopic (exact) mass is 331 g/mol. The molecule has 0 saturated carbocycles. The van der Waals surface area contributed by atoms with Crippen LogP contribution in [0.5, 0.6) is 0 Å². The number of aromatic nitrogens is 3. The van der Waals surface area contributed by atoms with Crippen LogP contribution in [0.3, 0.4) is 0 Å². The molecular weight excluding hydrogens is 318 g/mol. The fourth-order valence-electron chi connectivity index (χ4n) is 1.93. The molecule has 1 atom stereocenters. The van der Waals surface area contributed by atoms with Gasteiger partial charge >= 0.3 is 0 Å². The van der Waals surface area contributed by atoms with Crippen LogP contribution in [0.2, 0.25) is 0 Å². The summed E-state index contributed by atoms with van der Waals surface area (Å²) in [6.07, 6.45) is 4.35. The van der Waals surface area contributed by atoms with Crippen molar-refractivity contribution in [2.75, 3.05) is 0 Å². The van der Waals surface area contributed by atoms with Crippen LogP contribution >= 0.6 is 0 Å². The number of aromatic amines is 1. The molecule has 7 nitrogen and oxygen atoms in total. The van der Waals surface area contributed by atoms with Gasteiger partial charge in [0.15, 0.2) is 5.82 Å². The summed E-state index contributed by atoms with van der Waals surface area (Å²) in [7, 11) is -3.62. The average Bonchev–Trinajstić information content (AvgIpc) is 3.25. The fraction of sp³-hybridized carbons (Fsp3) is 0.0667. The van der Waals surface area contributed by atoms with Gasteiger partial charge in [0.25, 0.3) is 0 Å². The molecule has 1 aromatic carbocycles. The quantitative estimate of drug-likeness (QED) is 0.740. The standard InChI is InChI=1S/C15H13N3O4S/c19-14(15-16-10-17-18-15)7-6-11-8-13(9-22-11)23(20,21)12-4-2-1-3-5-12/h1-10,14,19H,(H,16,17,18). The van der Waals surface area contributed by atoms with Gasteiger partial charge < -0.3 is 9.52 Å². The topological polar surface area (TPSA) is 109 Å². The molecule has 2 heterocycles. The number of nitrogens with one attached hydrogen (secondary N) is 1. The minimum Gasteiger partial charge on any atom is -0.464 e. The van der Waals surface area contributed by atoms with E-state index in [-0.39, 0.29) is 15.6 Å². The van der Waals surface area contributed by atoms with Crippen LogP contribution in [0.15, 0.2) is 69.3 Å². The normalized spacial score (nSPS) is 13.4. The fourth-order valence-corrected chi connectivity index (χ4v) is 3.17. The SMILES string of the molecule is O=S(=O)(c1ccccc1)c1coc(C=CC(O)c2ncn[nH]2)c1. The summed E-state index contributed by atoms with van der Waals surface area (Å²) >= 11 is 0. The molecule has 23 heavy (non-hydrogen) atoms. The highest BCUT2D eigenvalue weighted by Crippen LogP contribution is 2.23. The zero-order chi connectivity index (χ0) is 16.3. The predicted octanol–water partition coefficient (Wildman–Crippen LogP) is 1.98. The Morgan fingerprint density at radius 3 is 2.70 bits per heavy atom. The van der Waals surface area contributed by atoms with Crippen molar-refractivity contribution in [1.29, 1.82) is 0 Å². The Bertz CT molecular complexity index is 899. The second-order valence-electron chi connectivity index (χ2n) is 4.68. The number of hydrogen-bond donors (Lipinski definition) is 2. The van der Waals surface area contributed by atoms with Crippen molar-refractivity contribution in [3.63, 3.8) is 0 Å². The van der Waals surface area contributed by atoms with Crippen molar-refractivity contribution in [1.82, 2.24) is 15.2 Å². The van der Waals surface area contributed by atoms with E-state index in [1.165, 1.54) is 42.9 Å². The highest BCUT2D eigenvalue weighted by molar-refractivity contribution is 7.91.